The molecule has 2 rings (SSSR count). The van der Waals surface area contributed by atoms with Crippen LogP contribution in [0.2, 0.25) is 0 Å². The van der Waals surface area contributed by atoms with Crippen molar-refractivity contribution in [3.05, 3.63) is 47.5 Å². The summed E-state index contributed by atoms with van der Waals surface area (Å²) in [4.78, 5) is 23.6. The van der Waals surface area contributed by atoms with Crippen molar-refractivity contribution in [2.45, 2.75) is 19.8 Å². The van der Waals surface area contributed by atoms with Crippen molar-refractivity contribution in [3.8, 4) is 23.0 Å². The minimum atomic E-state index is -4.40. The molecule has 2 aromatic rings. The molecular weight excluding hydrogens is 386 g/mol. The maximum absolute atomic E-state index is 12.2. The van der Waals surface area contributed by atoms with E-state index in [2.05, 4.69) is 4.52 Å². The second-order valence-electron chi connectivity index (χ2n) is 5.38. The number of phosphoric acid groups is 1. The number of ketones is 1. The fourth-order valence-electron chi connectivity index (χ4n) is 2.30. The van der Waals surface area contributed by atoms with Crippen LogP contribution >= 0.6 is 7.82 Å². The van der Waals surface area contributed by atoms with Crippen LogP contribution in [0, 0.1) is 0 Å². The van der Waals surface area contributed by atoms with Gasteiger partial charge >= 0.3 is 37.4 Å². The molecule has 0 saturated heterocycles. The zero-order chi connectivity index (χ0) is 19.3. The van der Waals surface area contributed by atoms with Gasteiger partial charge in [0, 0.05) is 18.6 Å². The number of carbonyl (C=O) groups is 1. The summed E-state index contributed by atoms with van der Waals surface area (Å²) in [6, 6.07) is 7.98. The average molecular weight is 404 g/mol. The van der Waals surface area contributed by atoms with Gasteiger partial charge in [-0.05, 0) is 31.0 Å². The molecule has 0 amide bonds. The Morgan fingerprint density at radius 2 is 1.67 bits per heavy atom. The minimum absolute atomic E-state index is 0. The van der Waals surface area contributed by atoms with Crippen molar-refractivity contribution >= 4 is 13.6 Å². The van der Waals surface area contributed by atoms with Crippen LogP contribution in [-0.2, 0) is 15.5 Å². The van der Waals surface area contributed by atoms with Crippen LogP contribution in [0.4, 0.5) is 0 Å². The maximum Gasteiger partial charge on any atom is 1.00 e. The third kappa shape index (κ3) is 6.84. The van der Waals surface area contributed by atoms with Crippen LogP contribution in [0.3, 0.4) is 0 Å². The molecule has 0 fully saturated rings. The smallest absolute Gasteiger partial charge is 0.746 e. The summed E-state index contributed by atoms with van der Waals surface area (Å²) >= 11 is 0. The Kier molecular flexibility index (Phi) is 8.81. The van der Waals surface area contributed by atoms with E-state index in [0.29, 0.717) is 6.42 Å². The summed E-state index contributed by atoms with van der Waals surface area (Å²) in [5, 5.41) is 28.7. The summed E-state index contributed by atoms with van der Waals surface area (Å²) in [5.74, 6) is -1.77. The van der Waals surface area contributed by atoms with E-state index >= 15 is 0 Å². The van der Waals surface area contributed by atoms with Gasteiger partial charge in [-0.2, -0.15) is 0 Å². The number of carbonyl (C=O) groups excluding carboxylic acids is 1. The molecule has 0 radical (unpaired) electrons. The van der Waals surface area contributed by atoms with Gasteiger partial charge in [0.25, 0.3) is 0 Å². The molecule has 0 heterocycles. The molecule has 0 bridgehead atoms. The number of phosphoric ester groups is 1. The first-order chi connectivity index (χ1) is 12.2. The quantitative estimate of drug-likeness (QED) is 0.305. The molecule has 0 aliphatic heterocycles. The van der Waals surface area contributed by atoms with Crippen molar-refractivity contribution in [2.75, 3.05) is 6.61 Å². The van der Waals surface area contributed by atoms with E-state index in [1.807, 2.05) is 0 Å². The number of hydrogen-bond acceptors (Lipinski definition) is 8. The fraction of sp³-hybridized carbons (Fsp3) is 0.235. The number of phenols is 3. The Morgan fingerprint density at radius 3 is 2.19 bits per heavy atom. The number of phenolic OH excluding ortho intramolecular Hbond substituents is 3. The van der Waals surface area contributed by atoms with E-state index in [0.717, 1.165) is 17.7 Å². The third-order valence-electron chi connectivity index (χ3n) is 3.43. The number of Topliss-reactive ketones (excluding diaryl/α,β-unsaturated/α-hetero) is 1. The first-order valence-electron chi connectivity index (χ1n) is 7.74. The minimum Gasteiger partial charge on any atom is -0.746 e. The Morgan fingerprint density at radius 1 is 1.11 bits per heavy atom. The van der Waals surface area contributed by atoms with Crippen LogP contribution < -0.4 is 39.0 Å². The van der Waals surface area contributed by atoms with Crippen LogP contribution in [0.5, 0.6) is 23.0 Å². The molecule has 2 aromatic carbocycles. The molecule has 0 aliphatic rings. The van der Waals surface area contributed by atoms with Crippen molar-refractivity contribution < 1.29 is 68.2 Å². The van der Waals surface area contributed by atoms with Gasteiger partial charge in [-0.15, -0.1) is 0 Å². The maximum atomic E-state index is 12.2. The molecule has 0 aromatic heterocycles. The molecule has 0 aliphatic carbocycles. The number of hydrogen-bond donors (Lipinski definition) is 3. The van der Waals surface area contributed by atoms with E-state index in [-0.39, 0.29) is 59.6 Å². The van der Waals surface area contributed by atoms with Gasteiger partial charge in [0.05, 0.1) is 6.61 Å². The second-order valence-corrected chi connectivity index (χ2v) is 6.72. The number of rotatable bonds is 8. The zero-order valence-electron chi connectivity index (χ0n) is 14.9. The van der Waals surface area contributed by atoms with Gasteiger partial charge in [-0.3, -0.25) is 9.36 Å². The van der Waals surface area contributed by atoms with Gasteiger partial charge in [-0.1, -0.05) is 12.1 Å². The van der Waals surface area contributed by atoms with E-state index < -0.39 is 25.1 Å². The van der Waals surface area contributed by atoms with Crippen molar-refractivity contribution in [2.24, 2.45) is 0 Å². The topological polar surface area (TPSA) is 136 Å². The molecule has 1 unspecified atom stereocenters. The Balaban J connectivity index is 0.00000364. The standard InChI is InChI=1S/C17H19O8P.Na/c1-2-24-26(22,23)25-13-6-3-11(4-7-13)5-8-14(19)17-15(20)9-12(18)10-16(17)21;/h3-4,6-7,9-10,18,20-21H,2,5,8H2,1H3,(H,22,23);/q;+1/p-1. The van der Waals surface area contributed by atoms with Crippen molar-refractivity contribution in [1.82, 2.24) is 0 Å². The monoisotopic (exact) mass is 404 g/mol. The van der Waals surface area contributed by atoms with Crippen LogP contribution in [0.15, 0.2) is 36.4 Å². The SMILES string of the molecule is CCOP(=O)([O-])Oc1ccc(CCC(=O)c2c(O)cc(O)cc2O)cc1.[Na+]. The van der Waals surface area contributed by atoms with Crippen molar-refractivity contribution in [3.63, 3.8) is 0 Å². The summed E-state index contributed by atoms with van der Waals surface area (Å²) in [7, 11) is -4.40. The van der Waals surface area contributed by atoms with E-state index in [1.54, 1.807) is 12.1 Å². The first-order valence-corrected chi connectivity index (χ1v) is 9.20. The summed E-state index contributed by atoms with van der Waals surface area (Å²) in [6.07, 6.45) is 0.282. The predicted octanol–water partition coefficient (Wildman–Crippen LogP) is -0.493. The summed E-state index contributed by atoms with van der Waals surface area (Å²) in [5.41, 5.74) is 0.465. The summed E-state index contributed by atoms with van der Waals surface area (Å²) < 4.78 is 20.7. The Bertz CT molecular complexity index is 814. The van der Waals surface area contributed by atoms with Gasteiger partial charge in [0.15, 0.2) is 5.78 Å². The summed E-state index contributed by atoms with van der Waals surface area (Å²) in [6.45, 7) is 1.50. The van der Waals surface area contributed by atoms with E-state index in [1.165, 1.54) is 19.1 Å². The zero-order valence-corrected chi connectivity index (χ0v) is 17.8. The molecule has 0 saturated carbocycles. The molecule has 1 atom stereocenters. The molecule has 140 valence electrons. The molecule has 8 nitrogen and oxygen atoms in total. The van der Waals surface area contributed by atoms with Gasteiger partial charge in [-0.25, -0.2) is 0 Å². The molecular formula is C17H18NaO8P. The Hall–Kier alpha value is -1.54. The Labute approximate surface area is 178 Å². The number of benzene rings is 2. The van der Waals surface area contributed by atoms with Crippen LogP contribution in [0.25, 0.3) is 0 Å². The molecule has 10 heteroatoms. The van der Waals surface area contributed by atoms with Gasteiger partial charge in [0.1, 0.15) is 28.6 Å². The van der Waals surface area contributed by atoms with E-state index in [9.17, 15) is 29.6 Å². The molecule has 0 spiro atoms. The van der Waals surface area contributed by atoms with Crippen LogP contribution in [0.1, 0.15) is 29.3 Å². The van der Waals surface area contributed by atoms with Gasteiger partial charge in [0.2, 0.25) is 0 Å². The number of aryl methyl sites for hydroxylation is 1. The third-order valence-corrected chi connectivity index (χ3v) is 4.44. The normalized spacial score (nSPS) is 12.7. The first kappa shape index (κ1) is 23.5. The fourth-order valence-corrected chi connectivity index (χ4v) is 3.05. The molecule has 3 N–H and O–H groups in total. The van der Waals surface area contributed by atoms with E-state index in [4.69, 9.17) is 4.52 Å². The predicted molar refractivity (Wildman–Crippen MR) is 90.4 cm³/mol. The van der Waals surface area contributed by atoms with Crippen LogP contribution in [-0.4, -0.2) is 27.7 Å². The second kappa shape index (κ2) is 10.1. The molecule has 27 heavy (non-hydrogen) atoms. The number of aromatic hydroxyl groups is 3. The van der Waals surface area contributed by atoms with Gasteiger partial charge < -0.3 is 29.3 Å². The largest absolute Gasteiger partial charge is 1.00 e. The average Bonchev–Trinajstić information content (AvgIpc) is 2.52. The van der Waals surface area contributed by atoms with Crippen molar-refractivity contribution in [1.29, 1.82) is 0 Å².